The van der Waals surface area contributed by atoms with E-state index in [0.29, 0.717) is 19.0 Å². The molecule has 7 heteroatoms. The number of benzene rings is 2. The van der Waals surface area contributed by atoms with Gasteiger partial charge in [0.15, 0.2) is 5.96 Å². The maximum atomic E-state index is 13.2. The molecular formula is C22H27FIN5. The highest BCUT2D eigenvalue weighted by atomic mass is 127. The third-order valence-corrected chi connectivity index (χ3v) is 4.63. The summed E-state index contributed by atoms with van der Waals surface area (Å²) < 4.78 is 15.3. The molecule has 0 atom stereocenters. The molecule has 0 spiro atoms. The van der Waals surface area contributed by atoms with Crippen molar-refractivity contribution >= 4 is 29.9 Å². The SMILES string of the molecule is CN=C(NCCc1ccc(F)cc1C)NCc1nccn1Cc1ccccc1.I. The molecule has 154 valence electrons. The first-order valence-corrected chi connectivity index (χ1v) is 9.39. The molecule has 3 rings (SSSR count). The van der Waals surface area contributed by atoms with Crippen molar-refractivity contribution in [2.24, 2.45) is 4.99 Å². The highest BCUT2D eigenvalue weighted by Gasteiger charge is 2.06. The Kier molecular flexibility index (Phi) is 9.11. The maximum Gasteiger partial charge on any atom is 0.191 e. The molecule has 29 heavy (non-hydrogen) atoms. The Bertz CT molecular complexity index is 924. The number of hydrogen-bond donors (Lipinski definition) is 2. The fourth-order valence-electron chi connectivity index (χ4n) is 3.07. The molecule has 5 nitrogen and oxygen atoms in total. The van der Waals surface area contributed by atoms with Gasteiger partial charge in [0.25, 0.3) is 0 Å². The van der Waals surface area contributed by atoms with Gasteiger partial charge in [-0.25, -0.2) is 9.37 Å². The molecule has 0 aliphatic rings. The Balaban J connectivity index is 0.00000300. The lowest BCUT2D eigenvalue weighted by Crippen LogP contribution is -2.38. The Morgan fingerprint density at radius 2 is 1.93 bits per heavy atom. The molecule has 0 saturated heterocycles. The zero-order chi connectivity index (χ0) is 19.8. The standard InChI is InChI=1S/C22H26FN5.HI/c1-17-14-20(23)9-8-19(17)10-11-26-22(24-2)27-15-21-25-12-13-28(21)16-18-6-4-3-5-7-18;/h3-9,12-14H,10-11,15-16H2,1-2H3,(H2,24,26,27);1H. The zero-order valence-electron chi connectivity index (χ0n) is 16.7. The molecule has 0 radical (unpaired) electrons. The Hall–Kier alpha value is -2.42. The summed E-state index contributed by atoms with van der Waals surface area (Å²) >= 11 is 0. The average Bonchev–Trinajstić information content (AvgIpc) is 3.14. The minimum Gasteiger partial charge on any atom is -0.356 e. The second kappa shape index (κ2) is 11.5. The van der Waals surface area contributed by atoms with E-state index in [1.54, 1.807) is 13.1 Å². The first-order chi connectivity index (χ1) is 13.7. The molecule has 1 aromatic heterocycles. The van der Waals surface area contributed by atoms with Crippen molar-refractivity contribution in [3.05, 3.63) is 89.3 Å². The minimum absolute atomic E-state index is 0. The summed E-state index contributed by atoms with van der Waals surface area (Å²) in [6.45, 7) is 4.01. The van der Waals surface area contributed by atoms with Crippen LogP contribution in [0.2, 0.25) is 0 Å². The van der Waals surface area contributed by atoms with E-state index in [9.17, 15) is 4.39 Å². The third kappa shape index (κ3) is 6.85. The number of imidazole rings is 1. The molecule has 0 unspecified atom stereocenters. The lowest BCUT2D eigenvalue weighted by molar-refractivity contribution is 0.625. The van der Waals surface area contributed by atoms with Crippen LogP contribution in [-0.2, 0) is 19.5 Å². The molecule has 2 N–H and O–H groups in total. The topological polar surface area (TPSA) is 54.2 Å². The summed E-state index contributed by atoms with van der Waals surface area (Å²) in [5.41, 5.74) is 3.33. The van der Waals surface area contributed by atoms with E-state index < -0.39 is 0 Å². The average molecular weight is 507 g/mol. The van der Waals surface area contributed by atoms with Crippen molar-refractivity contribution in [2.75, 3.05) is 13.6 Å². The first-order valence-electron chi connectivity index (χ1n) is 9.39. The van der Waals surface area contributed by atoms with Crippen molar-refractivity contribution in [2.45, 2.75) is 26.4 Å². The Morgan fingerprint density at radius 1 is 1.14 bits per heavy atom. The first kappa shape index (κ1) is 22.9. The quantitative estimate of drug-likeness (QED) is 0.290. The molecule has 0 amide bonds. The predicted octanol–water partition coefficient (Wildman–Crippen LogP) is 3.90. The van der Waals surface area contributed by atoms with E-state index in [2.05, 4.69) is 37.3 Å². The van der Waals surface area contributed by atoms with Gasteiger partial charge in [0.2, 0.25) is 0 Å². The summed E-state index contributed by atoms with van der Waals surface area (Å²) in [5.74, 6) is 1.47. The van der Waals surface area contributed by atoms with Crippen LogP contribution < -0.4 is 10.6 Å². The molecule has 0 aliphatic heterocycles. The predicted molar refractivity (Wildman–Crippen MR) is 126 cm³/mol. The normalized spacial score (nSPS) is 11.1. The molecule has 0 aliphatic carbocycles. The van der Waals surface area contributed by atoms with Crippen LogP contribution in [0.5, 0.6) is 0 Å². The lowest BCUT2D eigenvalue weighted by atomic mass is 10.1. The number of nitrogens with one attached hydrogen (secondary N) is 2. The molecule has 2 aromatic carbocycles. The molecular weight excluding hydrogens is 480 g/mol. The number of halogens is 2. The van der Waals surface area contributed by atoms with E-state index in [1.165, 1.54) is 11.6 Å². The van der Waals surface area contributed by atoms with Gasteiger partial charge in [0.1, 0.15) is 11.6 Å². The molecule has 0 saturated carbocycles. The van der Waals surface area contributed by atoms with Gasteiger partial charge in [-0.2, -0.15) is 0 Å². The Morgan fingerprint density at radius 3 is 2.66 bits per heavy atom. The van der Waals surface area contributed by atoms with Crippen LogP contribution in [0.4, 0.5) is 4.39 Å². The summed E-state index contributed by atoms with van der Waals surface area (Å²) in [6, 6.07) is 15.2. The van der Waals surface area contributed by atoms with E-state index >= 15 is 0 Å². The number of rotatable bonds is 7. The van der Waals surface area contributed by atoms with E-state index in [-0.39, 0.29) is 29.8 Å². The maximum absolute atomic E-state index is 13.2. The number of aryl methyl sites for hydroxylation is 1. The van der Waals surface area contributed by atoms with Crippen LogP contribution in [0.25, 0.3) is 0 Å². The van der Waals surface area contributed by atoms with Gasteiger partial charge < -0.3 is 15.2 Å². The van der Waals surface area contributed by atoms with Gasteiger partial charge in [-0.3, -0.25) is 4.99 Å². The number of aliphatic imine (C=N–C) groups is 1. The number of aromatic nitrogens is 2. The number of hydrogen-bond acceptors (Lipinski definition) is 2. The molecule has 0 bridgehead atoms. The molecule has 3 aromatic rings. The van der Waals surface area contributed by atoms with Crippen LogP contribution in [0.15, 0.2) is 65.9 Å². The van der Waals surface area contributed by atoms with Crippen LogP contribution in [0, 0.1) is 12.7 Å². The molecule has 0 fully saturated rings. The van der Waals surface area contributed by atoms with Crippen molar-refractivity contribution < 1.29 is 4.39 Å². The van der Waals surface area contributed by atoms with Crippen molar-refractivity contribution in [1.82, 2.24) is 20.2 Å². The summed E-state index contributed by atoms with van der Waals surface area (Å²) in [7, 11) is 1.74. The smallest absolute Gasteiger partial charge is 0.191 e. The Labute approximate surface area is 188 Å². The van der Waals surface area contributed by atoms with Crippen LogP contribution >= 0.6 is 24.0 Å². The minimum atomic E-state index is -0.197. The van der Waals surface area contributed by atoms with Crippen molar-refractivity contribution in [3.8, 4) is 0 Å². The third-order valence-electron chi connectivity index (χ3n) is 4.63. The fraction of sp³-hybridized carbons (Fsp3) is 0.273. The summed E-state index contributed by atoms with van der Waals surface area (Å²) in [5, 5.41) is 6.60. The van der Waals surface area contributed by atoms with Gasteiger partial charge in [-0.15, -0.1) is 24.0 Å². The molecule has 1 heterocycles. The van der Waals surface area contributed by atoms with E-state index in [4.69, 9.17) is 0 Å². The second-order valence-electron chi connectivity index (χ2n) is 6.63. The van der Waals surface area contributed by atoms with Crippen LogP contribution in [0.1, 0.15) is 22.5 Å². The number of guanidine groups is 1. The van der Waals surface area contributed by atoms with Crippen molar-refractivity contribution in [3.63, 3.8) is 0 Å². The van der Waals surface area contributed by atoms with Crippen molar-refractivity contribution in [1.29, 1.82) is 0 Å². The van der Waals surface area contributed by atoms with E-state index in [0.717, 1.165) is 29.9 Å². The lowest BCUT2D eigenvalue weighted by Gasteiger charge is -2.13. The van der Waals surface area contributed by atoms with Gasteiger partial charge in [-0.05, 0) is 42.2 Å². The monoisotopic (exact) mass is 507 g/mol. The highest BCUT2D eigenvalue weighted by molar-refractivity contribution is 14.0. The summed E-state index contributed by atoms with van der Waals surface area (Å²) in [4.78, 5) is 8.71. The fourth-order valence-corrected chi connectivity index (χ4v) is 3.07. The highest BCUT2D eigenvalue weighted by Crippen LogP contribution is 2.10. The van der Waals surface area contributed by atoms with Gasteiger partial charge in [0.05, 0.1) is 6.54 Å². The van der Waals surface area contributed by atoms with Gasteiger partial charge in [-0.1, -0.05) is 36.4 Å². The number of nitrogens with zero attached hydrogens (tertiary/aromatic N) is 3. The largest absolute Gasteiger partial charge is 0.356 e. The van der Waals surface area contributed by atoms with Gasteiger partial charge >= 0.3 is 0 Å². The second-order valence-corrected chi connectivity index (χ2v) is 6.63. The van der Waals surface area contributed by atoms with E-state index in [1.807, 2.05) is 43.6 Å². The summed E-state index contributed by atoms with van der Waals surface area (Å²) in [6.07, 6.45) is 4.60. The zero-order valence-corrected chi connectivity index (χ0v) is 19.1. The van der Waals surface area contributed by atoms with Gasteiger partial charge in [0, 0.05) is 32.5 Å². The van der Waals surface area contributed by atoms with Crippen LogP contribution in [-0.4, -0.2) is 29.1 Å². The van der Waals surface area contributed by atoms with Crippen LogP contribution in [0.3, 0.4) is 0 Å².